The van der Waals surface area contributed by atoms with Crippen LogP contribution in [0, 0.1) is 5.92 Å². The van der Waals surface area contributed by atoms with E-state index >= 15 is 0 Å². The van der Waals surface area contributed by atoms with Crippen LogP contribution >= 0.6 is 24.6 Å². The van der Waals surface area contributed by atoms with Gasteiger partial charge in [0.15, 0.2) is 0 Å². The molecule has 3 aliphatic rings. The summed E-state index contributed by atoms with van der Waals surface area (Å²) in [5.74, 6) is 0.598. The quantitative estimate of drug-likeness (QED) is 0.325. The lowest BCUT2D eigenvalue weighted by Crippen LogP contribution is -2.55. The highest BCUT2D eigenvalue weighted by atomic mass is 35.5. The zero-order valence-electron chi connectivity index (χ0n) is 25.2. The Hall–Kier alpha value is -1.90. The number of piperidine rings is 1. The van der Waals surface area contributed by atoms with E-state index in [-0.39, 0.29) is 24.4 Å². The van der Waals surface area contributed by atoms with Crippen LogP contribution in [0.25, 0.3) is 0 Å². The van der Waals surface area contributed by atoms with Crippen LogP contribution in [0.4, 0.5) is 4.79 Å². The van der Waals surface area contributed by atoms with Crippen molar-refractivity contribution in [3.05, 3.63) is 35.9 Å². The summed E-state index contributed by atoms with van der Waals surface area (Å²) in [4.78, 5) is 31.2. The van der Waals surface area contributed by atoms with E-state index in [0.717, 1.165) is 56.7 Å². The van der Waals surface area contributed by atoms with Gasteiger partial charge in [-0.2, -0.15) is 0 Å². The van der Waals surface area contributed by atoms with Crippen molar-refractivity contribution in [1.82, 2.24) is 20.4 Å². The van der Waals surface area contributed by atoms with E-state index in [1.54, 1.807) is 4.90 Å². The third kappa shape index (κ3) is 10.7. The molecule has 2 heterocycles. The Morgan fingerprint density at radius 2 is 1.66 bits per heavy atom. The van der Waals surface area contributed by atoms with E-state index in [1.165, 1.54) is 37.7 Å². The molecule has 2 N–H and O–H groups in total. The Labute approximate surface area is 258 Å². The van der Waals surface area contributed by atoms with Crippen LogP contribution in [0.3, 0.4) is 0 Å². The minimum atomic E-state index is -0.592. The molecule has 2 amide bonds. The minimum absolute atomic E-state index is 0. The highest BCUT2D eigenvalue weighted by molar-refractivity contribution is 7.80. The molecule has 0 bridgehead atoms. The Morgan fingerprint density at radius 1 is 0.976 bits per heavy atom. The summed E-state index contributed by atoms with van der Waals surface area (Å²) >= 11 is 5.96. The number of halogens is 1. The number of thiocarbonyl (C=S) groups is 1. The van der Waals surface area contributed by atoms with Crippen LogP contribution in [0.1, 0.15) is 97.0 Å². The Bertz CT molecular complexity index is 975. The van der Waals surface area contributed by atoms with Crippen molar-refractivity contribution >= 4 is 41.6 Å². The summed E-state index contributed by atoms with van der Waals surface area (Å²) in [6.07, 6.45) is 11.5. The molecule has 1 saturated carbocycles. The smallest absolute Gasteiger partial charge is 0.410 e. The molecular weight excluding hydrogens is 556 g/mol. The van der Waals surface area contributed by atoms with Gasteiger partial charge >= 0.3 is 6.09 Å². The van der Waals surface area contributed by atoms with Gasteiger partial charge in [0, 0.05) is 32.2 Å². The second-order valence-electron chi connectivity index (χ2n) is 13.0. The van der Waals surface area contributed by atoms with Crippen molar-refractivity contribution < 1.29 is 14.3 Å². The maximum absolute atomic E-state index is 13.5. The summed E-state index contributed by atoms with van der Waals surface area (Å²) in [5, 5.41) is 6.91. The molecule has 2 aliphatic heterocycles. The van der Waals surface area contributed by atoms with Crippen LogP contribution < -0.4 is 10.6 Å². The van der Waals surface area contributed by atoms with Gasteiger partial charge in [0.1, 0.15) is 11.6 Å². The number of hydrogen-bond donors (Lipinski definition) is 2. The fourth-order valence-electron chi connectivity index (χ4n) is 6.37. The summed E-state index contributed by atoms with van der Waals surface area (Å²) in [6.45, 7) is 9.15. The molecule has 0 aromatic heterocycles. The minimum Gasteiger partial charge on any atom is -0.444 e. The second-order valence-corrected chi connectivity index (χ2v) is 13.5. The predicted molar refractivity (Wildman–Crippen MR) is 171 cm³/mol. The lowest BCUT2D eigenvalue weighted by atomic mass is 9.85. The van der Waals surface area contributed by atoms with Gasteiger partial charge in [0.05, 0.1) is 11.0 Å². The van der Waals surface area contributed by atoms with Crippen molar-refractivity contribution in [2.75, 3.05) is 19.6 Å². The Morgan fingerprint density at radius 3 is 2.32 bits per heavy atom. The maximum Gasteiger partial charge on any atom is 0.410 e. The van der Waals surface area contributed by atoms with Gasteiger partial charge in [-0.05, 0) is 70.8 Å². The monoisotopic (exact) mass is 606 g/mol. The summed E-state index contributed by atoms with van der Waals surface area (Å²) in [7, 11) is 0. The number of carbonyl (C=O) groups is 2. The third-order valence-electron chi connectivity index (χ3n) is 8.59. The molecule has 3 fully saturated rings. The number of ether oxygens (including phenoxy) is 1. The number of nitrogens with one attached hydrogen (secondary N) is 2. The van der Waals surface area contributed by atoms with E-state index < -0.39 is 17.7 Å². The van der Waals surface area contributed by atoms with Gasteiger partial charge in [-0.3, -0.25) is 14.6 Å². The number of likely N-dealkylation sites (tertiary alicyclic amines) is 2. The first-order chi connectivity index (χ1) is 19.2. The van der Waals surface area contributed by atoms with Crippen molar-refractivity contribution in [1.29, 1.82) is 0 Å². The zero-order valence-corrected chi connectivity index (χ0v) is 26.9. The number of carbonyl (C=O) groups excluding carboxylic acids is 2. The zero-order chi connectivity index (χ0) is 28.5. The first-order valence-electron chi connectivity index (χ1n) is 15.5. The van der Waals surface area contributed by atoms with Crippen LogP contribution in [-0.2, 0) is 16.1 Å². The first kappa shape index (κ1) is 33.6. The molecule has 0 unspecified atom stereocenters. The van der Waals surface area contributed by atoms with E-state index in [2.05, 4.69) is 45.9 Å². The van der Waals surface area contributed by atoms with Gasteiger partial charge in [0.25, 0.3) is 0 Å². The van der Waals surface area contributed by atoms with Crippen molar-refractivity contribution in [2.24, 2.45) is 5.92 Å². The van der Waals surface area contributed by atoms with Crippen LogP contribution in [0.2, 0.25) is 0 Å². The molecule has 0 spiro atoms. The predicted octanol–water partition coefficient (Wildman–Crippen LogP) is 6.23. The average Bonchev–Trinajstić information content (AvgIpc) is 3.43. The topological polar surface area (TPSA) is 73.9 Å². The normalized spacial score (nSPS) is 21.5. The number of nitrogens with zero attached hydrogens (tertiary/aromatic N) is 2. The van der Waals surface area contributed by atoms with E-state index in [0.29, 0.717) is 24.9 Å². The molecule has 1 aromatic rings. The summed E-state index contributed by atoms with van der Waals surface area (Å²) in [6, 6.07) is 10.2. The van der Waals surface area contributed by atoms with Crippen molar-refractivity contribution in [2.45, 2.75) is 122 Å². The molecule has 2 atom stereocenters. The van der Waals surface area contributed by atoms with Crippen LogP contribution in [0.5, 0.6) is 0 Å². The van der Waals surface area contributed by atoms with E-state index in [4.69, 9.17) is 17.0 Å². The van der Waals surface area contributed by atoms with Crippen LogP contribution in [-0.4, -0.2) is 70.1 Å². The number of benzene rings is 1. The molecule has 230 valence electrons. The number of hydrogen-bond acceptors (Lipinski definition) is 5. The summed E-state index contributed by atoms with van der Waals surface area (Å²) < 4.78 is 5.59. The van der Waals surface area contributed by atoms with Gasteiger partial charge in [-0.15, -0.1) is 12.4 Å². The Balaban J connectivity index is 0.00000462. The summed E-state index contributed by atoms with van der Waals surface area (Å²) in [5.41, 5.74) is 0.757. The molecule has 1 aromatic carbocycles. The standard InChI is InChI=1S/C32H50N4O3S.ClH/c1-32(2,3)39-31(38)36-20-10-15-28(36)29(37)34-27(17-16-24-11-6-4-7-12-24)30(40)33-26-18-21-35(22-19-26)23-25-13-8-5-9-14-25;/h5,8-9,13-14,24,26-28H,4,6-7,10-12,15-23H2,1-3H3,(H,33,40)(H,34,37);1H/t27-,28+;/m1./s1. The lowest BCUT2D eigenvalue weighted by molar-refractivity contribution is -0.125. The van der Waals surface area contributed by atoms with Gasteiger partial charge in [-0.25, -0.2) is 4.79 Å². The molecule has 9 heteroatoms. The maximum atomic E-state index is 13.5. The van der Waals surface area contributed by atoms with Gasteiger partial charge < -0.3 is 15.4 Å². The van der Waals surface area contributed by atoms with Crippen molar-refractivity contribution in [3.8, 4) is 0 Å². The third-order valence-corrected chi connectivity index (χ3v) is 8.99. The van der Waals surface area contributed by atoms with Gasteiger partial charge in [-0.1, -0.05) is 74.7 Å². The molecule has 41 heavy (non-hydrogen) atoms. The molecule has 2 saturated heterocycles. The van der Waals surface area contributed by atoms with Gasteiger partial charge in [0.2, 0.25) is 5.91 Å². The van der Waals surface area contributed by atoms with E-state index in [1.807, 2.05) is 20.8 Å². The molecule has 1 aliphatic carbocycles. The Kier molecular flexibility index (Phi) is 13.2. The number of rotatable bonds is 9. The number of amides is 2. The highest BCUT2D eigenvalue weighted by Gasteiger charge is 2.38. The highest BCUT2D eigenvalue weighted by Crippen LogP contribution is 2.28. The SMILES string of the molecule is CC(C)(C)OC(=O)N1CCC[C@H]1C(=O)N[C@H](CCC1CCCCC1)C(=S)NC1CCN(Cc2ccccc2)CC1.Cl. The molecule has 4 rings (SSSR count). The average molecular weight is 607 g/mol. The second kappa shape index (κ2) is 16.1. The van der Waals surface area contributed by atoms with E-state index in [9.17, 15) is 9.59 Å². The fourth-order valence-corrected chi connectivity index (χ4v) is 6.72. The fraction of sp³-hybridized carbons (Fsp3) is 0.719. The van der Waals surface area contributed by atoms with Crippen molar-refractivity contribution in [3.63, 3.8) is 0 Å². The molecule has 7 nitrogen and oxygen atoms in total. The largest absolute Gasteiger partial charge is 0.444 e. The lowest BCUT2D eigenvalue weighted by Gasteiger charge is -2.35. The van der Waals surface area contributed by atoms with Crippen LogP contribution in [0.15, 0.2) is 30.3 Å². The first-order valence-corrected chi connectivity index (χ1v) is 16.0. The molecular formula is C32H51ClN4O3S. The molecule has 0 radical (unpaired) electrons.